The van der Waals surface area contributed by atoms with Crippen LogP contribution in [0.1, 0.15) is 55.4 Å². The van der Waals surface area contributed by atoms with E-state index in [-0.39, 0.29) is 0 Å². The molecule has 2 aliphatic rings. The molecule has 7 heteroatoms. The summed E-state index contributed by atoms with van der Waals surface area (Å²) < 4.78 is 25.4. The normalized spacial score (nSPS) is 21.3. The number of benzene rings is 3. The van der Waals surface area contributed by atoms with Gasteiger partial charge < -0.3 is 23.5 Å². The van der Waals surface area contributed by atoms with Gasteiger partial charge in [0.15, 0.2) is 0 Å². The summed E-state index contributed by atoms with van der Waals surface area (Å²) in [5, 5.41) is 0. The molecule has 37 heavy (non-hydrogen) atoms. The number of anilines is 3. The zero-order chi connectivity index (χ0) is 26.6. The number of rotatable bonds is 5. The first-order chi connectivity index (χ1) is 17.3. The zero-order valence-corrected chi connectivity index (χ0v) is 23.2. The largest absolute Gasteiger partial charge is 0.494 e. The number of para-hydroxylation sites is 1. The van der Waals surface area contributed by atoms with Gasteiger partial charge in [-0.3, -0.25) is 0 Å². The van der Waals surface area contributed by atoms with Gasteiger partial charge in [-0.15, -0.1) is 0 Å². The van der Waals surface area contributed by atoms with E-state index < -0.39 is 36.6 Å². The Morgan fingerprint density at radius 1 is 0.459 bits per heavy atom. The molecule has 3 aromatic rings. The van der Waals surface area contributed by atoms with E-state index in [1.165, 1.54) is 0 Å². The van der Waals surface area contributed by atoms with E-state index in [0.29, 0.717) is 0 Å². The zero-order valence-electron chi connectivity index (χ0n) is 23.2. The minimum Gasteiger partial charge on any atom is -0.399 e. The average Bonchev–Trinajstić information content (AvgIpc) is 3.20. The third kappa shape index (κ3) is 4.74. The first-order valence-corrected chi connectivity index (χ1v) is 13.1. The van der Waals surface area contributed by atoms with Gasteiger partial charge in [-0.1, -0.05) is 42.5 Å². The topological polar surface area (TPSA) is 40.2 Å². The molecule has 0 spiro atoms. The Balaban J connectivity index is 1.53. The molecular formula is C30H37B2NO4. The third-order valence-electron chi connectivity index (χ3n) is 8.32. The molecule has 3 aromatic carbocycles. The van der Waals surface area contributed by atoms with E-state index in [2.05, 4.69) is 133 Å². The molecule has 2 heterocycles. The van der Waals surface area contributed by atoms with E-state index in [9.17, 15) is 0 Å². The highest BCUT2D eigenvalue weighted by Crippen LogP contribution is 2.39. The molecule has 192 valence electrons. The predicted molar refractivity (Wildman–Crippen MR) is 153 cm³/mol. The van der Waals surface area contributed by atoms with Crippen LogP contribution < -0.4 is 15.8 Å². The van der Waals surface area contributed by atoms with Gasteiger partial charge in [0.2, 0.25) is 0 Å². The van der Waals surface area contributed by atoms with Crippen molar-refractivity contribution >= 4 is 42.2 Å². The van der Waals surface area contributed by atoms with Crippen LogP contribution in [0.25, 0.3) is 0 Å². The standard InChI is InChI=1S/C30H37B2NO4/c1-27(2)28(3,4)35-31(34-27)22-14-12-18-25(20-22)33(24-16-10-9-11-17-24)26-19-13-15-23(21-26)32-36-29(5,6)30(7,8)37-32/h9-21H,1-8H3. The molecule has 2 saturated heterocycles. The van der Waals surface area contributed by atoms with Crippen molar-refractivity contribution in [2.75, 3.05) is 4.90 Å². The van der Waals surface area contributed by atoms with Crippen molar-refractivity contribution in [2.24, 2.45) is 0 Å². The van der Waals surface area contributed by atoms with Crippen LogP contribution in [0.4, 0.5) is 17.1 Å². The Kier molecular flexibility index (Phi) is 6.35. The lowest BCUT2D eigenvalue weighted by molar-refractivity contribution is 0.00578. The molecule has 0 aromatic heterocycles. The van der Waals surface area contributed by atoms with Gasteiger partial charge in [0, 0.05) is 17.1 Å². The lowest BCUT2D eigenvalue weighted by Gasteiger charge is -2.32. The third-order valence-corrected chi connectivity index (χ3v) is 8.32. The number of hydrogen-bond acceptors (Lipinski definition) is 5. The molecule has 0 atom stereocenters. The molecule has 0 radical (unpaired) electrons. The smallest absolute Gasteiger partial charge is 0.399 e. The average molecular weight is 497 g/mol. The lowest BCUT2D eigenvalue weighted by atomic mass is 9.78. The Morgan fingerprint density at radius 2 is 0.811 bits per heavy atom. The maximum Gasteiger partial charge on any atom is 0.494 e. The monoisotopic (exact) mass is 497 g/mol. The molecule has 0 N–H and O–H groups in total. The van der Waals surface area contributed by atoms with Crippen molar-refractivity contribution in [3.8, 4) is 0 Å². The first-order valence-electron chi connectivity index (χ1n) is 13.1. The molecule has 5 nitrogen and oxygen atoms in total. The molecule has 0 saturated carbocycles. The van der Waals surface area contributed by atoms with Gasteiger partial charge >= 0.3 is 14.2 Å². The van der Waals surface area contributed by atoms with Gasteiger partial charge in [0.05, 0.1) is 22.4 Å². The van der Waals surface area contributed by atoms with Crippen LogP contribution in [0.3, 0.4) is 0 Å². The van der Waals surface area contributed by atoms with E-state index in [0.717, 1.165) is 28.0 Å². The van der Waals surface area contributed by atoms with Crippen molar-refractivity contribution in [2.45, 2.75) is 77.8 Å². The molecule has 0 bridgehead atoms. The van der Waals surface area contributed by atoms with Crippen molar-refractivity contribution in [3.63, 3.8) is 0 Å². The minimum atomic E-state index is -0.432. The van der Waals surface area contributed by atoms with Crippen LogP contribution in [0, 0.1) is 0 Å². The molecule has 5 rings (SSSR count). The Labute approximate surface area is 222 Å². The highest BCUT2D eigenvalue weighted by molar-refractivity contribution is 6.62. The lowest BCUT2D eigenvalue weighted by Crippen LogP contribution is -2.41. The van der Waals surface area contributed by atoms with Gasteiger partial charge in [-0.05, 0) is 103 Å². The van der Waals surface area contributed by atoms with Gasteiger partial charge in [0.25, 0.3) is 0 Å². The Morgan fingerprint density at radius 3 is 1.19 bits per heavy atom. The summed E-state index contributed by atoms with van der Waals surface area (Å²) in [6.07, 6.45) is 0. The SMILES string of the molecule is CC1(C)OB(c2cccc(N(c3ccccc3)c3cccc(B4OC(C)(C)C(C)(C)O4)c3)c2)OC1(C)C. The Hall–Kier alpha value is -2.57. The summed E-state index contributed by atoms with van der Waals surface area (Å²) in [6, 6.07) is 27.1. The van der Waals surface area contributed by atoms with Crippen LogP contribution in [0.2, 0.25) is 0 Å². The van der Waals surface area contributed by atoms with Crippen LogP contribution in [-0.4, -0.2) is 36.6 Å². The maximum absolute atomic E-state index is 6.35. The van der Waals surface area contributed by atoms with Gasteiger partial charge in [-0.2, -0.15) is 0 Å². The summed E-state index contributed by atoms with van der Waals surface area (Å²) in [5.41, 5.74) is 3.47. The molecule has 2 fully saturated rings. The summed E-state index contributed by atoms with van der Waals surface area (Å²) in [5.74, 6) is 0. The fourth-order valence-electron chi connectivity index (χ4n) is 4.60. The fraction of sp³-hybridized carbons (Fsp3) is 0.400. The summed E-state index contributed by atoms with van der Waals surface area (Å²) in [6.45, 7) is 16.6. The predicted octanol–water partition coefficient (Wildman–Crippen LogP) is 5.75. The van der Waals surface area contributed by atoms with Crippen molar-refractivity contribution in [1.29, 1.82) is 0 Å². The molecule has 2 aliphatic heterocycles. The van der Waals surface area contributed by atoms with E-state index in [1.807, 2.05) is 6.07 Å². The van der Waals surface area contributed by atoms with E-state index in [1.54, 1.807) is 0 Å². The summed E-state index contributed by atoms with van der Waals surface area (Å²) in [4.78, 5) is 2.24. The number of nitrogens with zero attached hydrogens (tertiary/aromatic N) is 1. The minimum absolute atomic E-state index is 0.399. The molecule has 0 amide bonds. The van der Waals surface area contributed by atoms with E-state index in [4.69, 9.17) is 18.6 Å². The van der Waals surface area contributed by atoms with Crippen LogP contribution >= 0.6 is 0 Å². The van der Waals surface area contributed by atoms with E-state index >= 15 is 0 Å². The quantitative estimate of drug-likeness (QED) is 0.420. The van der Waals surface area contributed by atoms with Crippen LogP contribution in [-0.2, 0) is 18.6 Å². The maximum atomic E-state index is 6.35. The highest BCUT2D eigenvalue weighted by Gasteiger charge is 2.52. The Bertz CT molecular complexity index is 1160. The van der Waals surface area contributed by atoms with Gasteiger partial charge in [-0.25, -0.2) is 0 Å². The number of hydrogen-bond donors (Lipinski definition) is 0. The molecular weight excluding hydrogens is 460 g/mol. The van der Waals surface area contributed by atoms with Crippen molar-refractivity contribution < 1.29 is 18.6 Å². The first kappa shape index (κ1) is 26.1. The van der Waals surface area contributed by atoms with Crippen molar-refractivity contribution in [1.82, 2.24) is 0 Å². The van der Waals surface area contributed by atoms with Crippen LogP contribution in [0.15, 0.2) is 78.9 Å². The molecule has 0 unspecified atom stereocenters. The second-order valence-electron chi connectivity index (χ2n) is 12.0. The van der Waals surface area contributed by atoms with Gasteiger partial charge in [0.1, 0.15) is 0 Å². The second kappa shape index (κ2) is 9.02. The molecule has 0 aliphatic carbocycles. The van der Waals surface area contributed by atoms with Crippen molar-refractivity contribution in [3.05, 3.63) is 78.9 Å². The van der Waals surface area contributed by atoms with Crippen LogP contribution in [0.5, 0.6) is 0 Å². The summed E-state index contributed by atoms with van der Waals surface area (Å²) in [7, 11) is -0.864. The second-order valence-corrected chi connectivity index (χ2v) is 12.0. The summed E-state index contributed by atoms with van der Waals surface area (Å²) >= 11 is 0. The fourth-order valence-corrected chi connectivity index (χ4v) is 4.60. The highest BCUT2D eigenvalue weighted by atomic mass is 16.7.